The molecule has 1 aliphatic rings. The molecule has 0 aliphatic carbocycles. The third-order valence-electron chi connectivity index (χ3n) is 4.25. The van der Waals surface area contributed by atoms with Crippen LogP contribution in [0.15, 0.2) is 64.9 Å². The maximum atomic E-state index is 12.8. The lowest BCUT2D eigenvalue weighted by Gasteiger charge is -2.30. The van der Waals surface area contributed by atoms with Gasteiger partial charge in [0.15, 0.2) is 5.11 Å². The van der Waals surface area contributed by atoms with E-state index in [4.69, 9.17) is 28.9 Å². The van der Waals surface area contributed by atoms with Gasteiger partial charge in [-0.25, -0.2) is 10.2 Å². The van der Waals surface area contributed by atoms with Crippen LogP contribution in [-0.2, 0) is 4.79 Å². The van der Waals surface area contributed by atoms with E-state index >= 15 is 0 Å². The quantitative estimate of drug-likeness (QED) is 0.331. The number of amides is 1. The highest BCUT2D eigenvalue weighted by Gasteiger charge is 2.29. The summed E-state index contributed by atoms with van der Waals surface area (Å²) in [7, 11) is 0. The lowest BCUT2D eigenvalue weighted by molar-refractivity contribution is -0.117. The Hall–Kier alpha value is -3.23. The van der Waals surface area contributed by atoms with Crippen LogP contribution >= 0.6 is 23.8 Å². The summed E-state index contributed by atoms with van der Waals surface area (Å²) < 4.78 is 0. The molecule has 29 heavy (non-hydrogen) atoms. The first-order valence-corrected chi connectivity index (χ1v) is 9.34. The van der Waals surface area contributed by atoms with Gasteiger partial charge < -0.3 is 15.7 Å². The number of halogens is 1. The Morgan fingerprint density at radius 2 is 1.83 bits per heavy atom. The second-order valence-corrected chi connectivity index (χ2v) is 7.09. The highest BCUT2D eigenvalue weighted by molar-refractivity contribution is 7.80. The fourth-order valence-corrected chi connectivity index (χ4v) is 3.23. The summed E-state index contributed by atoms with van der Waals surface area (Å²) in [6.07, 6.45) is 1.51. The van der Waals surface area contributed by atoms with Gasteiger partial charge in [-0.05, 0) is 54.5 Å². The Balaban J connectivity index is 1.82. The normalized spacial score (nSPS) is 16.3. The molecule has 1 aliphatic heterocycles. The van der Waals surface area contributed by atoms with Gasteiger partial charge in [-0.15, -0.1) is 0 Å². The van der Waals surface area contributed by atoms with Crippen molar-refractivity contribution in [2.75, 3.05) is 0 Å². The van der Waals surface area contributed by atoms with Gasteiger partial charge in [-0.1, -0.05) is 35.9 Å². The molecule has 3 rings (SSSR count). The number of aromatic carboxylic acids is 1. The van der Waals surface area contributed by atoms with Crippen LogP contribution in [0.25, 0.3) is 0 Å². The van der Waals surface area contributed by atoms with Gasteiger partial charge in [0.05, 0.1) is 23.4 Å². The van der Waals surface area contributed by atoms with E-state index in [-0.39, 0.29) is 5.56 Å². The molecule has 148 valence electrons. The molecule has 4 N–H and O–H groups in total. The molecule has 0 fully saturated rings. The number of rotatable bonds is 5. The van der Waals surface area contributed by atoms with Crippen LogP contribution in [0.4, 0.5) is 0 Å². The number of allylic oxidation sites excluding steroid dienone is 1. The van der Waals surface area contributed by atoms with Gasteiger partial charge in [-0.3, -0.25) is 4.79 Å². The molecule has 0 radical (unpaired) electrons. The fraction of sp³-hybridized carbons (Fsp3) is 0.100. The van der Waals surface area contributed by atoms with Crippen molar-refractivity contribution in [3.05, 3.63) is 81.5 Å². The predicted octanol–water partition coefficient (Wildman–Crippen LogP) is 2.98. The molecule has 0 saturated carbocycles. The van der Waals surface area contributed by atoms with Crippen molar-refractivity contribution in [2.24, 2.45) is 5.10 Å². The van der Waals surface area contributed by atoms with Crippen LogP contribution in [0, 0.1) is 0 Å². The van der Waals surface area contributed by atoms with Crippen molar-refractivity contribution in [2.45, 2.75) is 13.0 Å². The number of carboxylic acid groups (broad SMARTS) is 1. The van der Waals surface area contributed by atoms with Gasteiger partial charge >= 0.3 is 5.97 Å². The maximum absolute atomic E-state index is 12.8. The molecule has 2 aromatic carbocycles. The minimum atomic E-state index is -1.02. The highest BCUT2D eigenvalue weighted by Crippen LogP contribution is 2.27. The largest absolute Gasteiger partial charge is 0.478 e. The van der Waals surface area contributed by atoms with Crippen molar-refractivity contribution >= 4 is 47.0 Å². The third-order valence-corrected chi connectivity index (χ3v) is 4.73. The van der Waals surface area contributed by atoms with Crippen LogP contribution in [0.3, 0.4) is 0 Å². The number of thiocarbonyl (C=S) groups is 1. The number of hydrogen-bond donors (Lipinski definition) is 4. The topological polar surface area (TPSA) is 103 Å². The molecule has 2 aromatic rings. The van der Waals surface area contributed by atoms with Crippen molar-refractivity contribution in [1.29, 1.82) is 0 Å². The van der Waals surface area contributed by atoms with Gasteiger partial charge in [0.25, 0.3) is 5.91 Å². The molecule has 1 atom stereocenters. The Morgan fingerprint density at radius 3 is 2.45 bits per heavy atom. The lowest BCUT2D eigenvalue weighted by Crippen LogP contribution is -2.46. The van der Waals surface area contributed by atoms with E-state index < -0.39 is 17.9 Å². The van der Waals surface area contributed by atoms with E-state index in [1.165, 1.54) is 18.3 Å². The number of nitrogens with zero attached hydrogens (tertiary/aromatic N) is 1. The minimum Gasteiger partial charge on any atom is -0.478 e. The summed E-state index contributed by atoms with van der Waals surface area (Å²) in [6.45, 7) is 1.74. The number of carbonyl (C=O) groups excluding carboxylic acids is 1. The Kier molecular flexibility index (Phi) is 6.26. The highest BCUT2D eigenvalue weighted by atomic mass is 35.5. The molecule has 0 spiro atoms. The molecule has 0 aromatic heterocycles. The van der Waals surface area contributed by atoms with Crippen LogP contribution < -0.4 is 16.1 Å². The number of hydrazone groups is 1. The fourth-order valence-electron chi connectivity index (χ4n) is 2.84. The Bertz CT molecular complexity index is 1020. The number of carbonyl (C=O) groups is 2. The van der Waals surface area contributed by atoms with Crippen molar-refractivity contribution in [3.63, 3.8) is 0 Å². The zero-order valence-corrected chi connectivity index (χ0v) is 16.8. The number of carboxylic acids is 1. The van der Waals surface area contributed by atoms with E-state index in [0.717, 1.165) is 5.56 Å². The molecule has 0 bridgehead atoms. The van der Waals surface area contributed by atoms with Gasteiger partial charge in [-0.2, -0.15) is 5.10 Å². The molecular weight excluding hydrogens is 412 g/mol. The van der Waals surface area contributed by atoms with Crippen molar-refractivity contribution in [1.82, 2.24) is 16.1 Å². The molecule has 1 amide bonds. The zero-order chi connectivity index (χ0) is 21.0. The second-order valence-electron chi connectivity index (χ2n) is 6.25. The second kappa shape index (κ2) is 8.85. The first-order valence-electron chi connectivity index (χ1n) is 8.55. The molecule has 0 saturated heterocycles. The van der Waals surface area contributed by atoms with E-state index in [0.29, 0.717) is 27.0 Å². The zero-order valence-electron chi connectivity index (χ0n) is 15.3. The van der Waals surface area contributed by atoms with Gasteiger partial charge in [0.2, 0.25) is 0 Å². The van der Waals surface area contributed by atoms with Crippen molar-refractivity contribution < 1.29 is 14.7 Å². The third kappa shape index (κ3) is 4.98. The summed E-state index contributed by atoms with van der Waals surface area (Å²) in [5.74, 6) is -1.44. The summed E-state index contributed by atoms with van der Waals surface area (Å²) in [4.78, 5) is 23.9. The van der Waals surface area contributed by atoms with Crippen LogP contribution in [0.5, 0.6) is 0 Å². The maximum Gasteiger partial charge on any atom is 0.335 e. The van der Waals surface area contributed by atoms with E-state index in [1.807, 2.05) is 0 Å². The van der Waals surface area contributed by atoms with Crippen LogP contribution in [0.1, 0.15) is 34.5 Å². The number of hydrogen-bond acceptors (Lipinski definition) is 4. The molecule has 1 unspecified atom stereocenters. The number of nitrogens with one attached hydrogen (secondary N) is 3. The minimum absolute atomic E-state index is 0.157. The molecular formula is C20H17ClN4O3S. The first kappa shape index (κ1) is 20.5. The van der Waals surface area contributed by atoms with E-state index in [2.05, 4.69) is 21.2 Å². The van der Waals surface area contributed by atoms with Gasteiger partial charge in [0, 0.05) is 10.7 Å². The Labute approximate surface area is 177 Å². The van der Waals surface area contributed by atoms with Gasteiger partial charge in [0.1, 0.15) is 0 Å². The van der Waals surface area contributed by atoms with Crippen LogP contribution in [0.2, 0.25) is 5.02 Å². The first-order chi connectivity index (χ1) is 13.8. The summed E-state index contributed by atoms with van der Waals surface area (Å²) >= 11 is 11.1. The average Bonchev–Trinajstić information content (AvgIpc) is 2.69. The molecule has 9 heteroatoms. The average molecular weight is 429 g/mol. The smallest absolute Gasteiger partial charge is 0.335 e. The predicted molar refractivity (Wildman–Crippen MR) is 115 cm³/mol. The van der Waals surface area contributed by atoms with Crippen molar-refractivity contribution in [3.8, 4) is 0 Å². The lowest BCUT2D eigenvalue weighted by atomic mass is 9.94. The SMILES string of the molecule is CC1=C(C(=O)N/N=C/c2ccc(Cl)cc2)C(c2ccc(C(=O)O)cc2)NC(=S)N1. The van der Waals surface area contributed by atoms with Crippen LogP contribution in [-0.4, -0.2) is 28.3 Å². The summed E-state index contributed by atoms with van der Waals surface area (Å²) in [6, 6.07) is 12.7. The Morgan fingerprint density at radius 1 is 1.17 bits per heavy atom. The molecule has 7 nitrogen and oxygen atoms in total. The summed E-state index contributed by atoms with van der Waals surface area (Å²) in [5.41, 5.74) is 5.13. The standard InChI is InChI=1S/C20H17ClN4O3S/c1-11-16(18(26)25-22-10-12-2-8-15(21)9-3-12)17(24-20(29)23-11)13-4-6-14(7-5-13)19(27)28/h2-10,17H,1H3,(H,25,26)(H,27,28)(H2,23,24,29)/b22-10+. The summed E-state index contributed by atoms with van der Waals surface area (Å²) in [5, 5.41) is 20.0. The molecule has 1 heterocycles. The van der Waals surface area contributed by atoms with E-state index in [1.54, 1.807) is 43.3 Å². The number of benzene rings is 2. The monoisotopic (exact) mass is 428 g/mol. The van der Waals surface area contributed by atoms with E-state index in [9.17, 15) is 9.59 Å².